The van der Waals surface area contributed by atoms with E-state index in [0.29, 0.717) is 5.56 Å². The van der Waals surface area contributed by atoms with Crippen LogP contribution in [0.15, 0.2) is 42.7 Å². The molecule has 100 valence electrons. The van der Waals surface area contributed by atoms with Crippen molar-refractivity contribution in [1.29, 1.82) is 0 Å². The largest absolute Gasteiger partial charge is 0.508 e. The molecule has 0 aliphatic heterocycles. The normalized spacial score (nSPS) is 14.1. The summed E-state index contributed by atoms with van der Waals surface area (Å²) in [6.07, 6.45) is 3.47. The van der Waals surface area contributed by atoms with Gasteiger partial charge in [0.2, 0.25) is 0 Å². The van der Waals surface area contributed by atoms with E-state index in [9.17, 15) is 9.50 Å². The first-order valence-electron chi connectivity index (χ1n) is 6.22. The van der Waals surface area contributed by atoms with Gasteiger partial charge in [-0.05, 0) is 49.7 Å². The Labute approximate surface area is 112 Å². The molecule has 0 fully saturated rings. The highest BCUT2D eigenvalue weighted by molar-refractivity contribution is 5.35. The van der Waals surface area contributed by atoms with E-state index in [-0.39, 0.29) is 23.7 Å². The van der Waals surface area contributed by atoms with Crippen molar-refractivity contribution in [1.82, 2.24) is 10.3 Å². The van der Waals surface area contributed by atoms with E-state index in [2.05, 4.69) is 10.3 Å². The van der Waals surface area contributed by atoms with Crippen molar-refractivity contribution >= 4 is 0 Å². The Morgan fingerprint density at radius 3 is 2.47 bits per heavy atom. The van der Waals surface area contributed by atoms with Crippen LogP contribution < -0.4 is 5.32 Å². The molecule has 0 spiro atoms. The SMILES string of the molecule is CC(NC(C)c1cc(F)ccc1O)c1ccncc1. The van der Waals surface area contributed by atoms with Gasteiger partial charge in [0, 0.05) is 30.0 Å². The summed E-state index contributed by atoms with van der Waals surface area (Å²) in [5.41, 5.74) is 1.65. The van der Waals surface area contributed by atoms with Crippen LogP contribution in [0.1, 0.15) is 37.1 Å². The van der Waals surface area contributed by atoms with Crippen LogP contribution in [0.3, 0.4) is 0 Å². The molecule has 0 aliphatic carbocycles. The fourth-order valence-corrected chi connectivity index (χ4v) is 2.09. The predicted octanol–water partition coefficient (Wildman–Crippen LogP) is 3.34. The summed E-state index contributed by atoms with van der Waals surface area (Å²) in [6.45, 7) is 3.91. The molecule has 0 saturated heterocycles. The number of nitrogens with one attached hydrogen (secondary N) is 1. The molecule has 0 amide bonds. The number of phenols is 1. The molecule has 3 nitrogen and oxygen atoms in total. The van der Waals surface area contributed by atoms with Crippen molar-refractivity contribution in [2.45, 2.75) is 25.9 Å². The van der Waals surface area contributed by atoms with Gasteiger partial charge in [0.05, 0.1) is 0 Å². The van der Waals surface area contributed by atoms with Gasteiger partial charge in [-0.25, -0.2) is 4.39 Å². The molecule has 0 aliphatic rings. The summed E-state index contributed by atoms with van der Waals surface area (Å²) in [5.74, 6) is -0.249. The van der Waals surface area contributed by atoms with Crippen molar-refractivity contribution < 1.29 is 9.50 Å². The Morgan fingerprint density at radius 1 is 1.11 bits per heavy atom. The van der Waals surface area contributed by atoms with Gasteiger partial charge in [-0.15, -0.1) is 0 Å². The average molecular weight is 260 g/mol. The zero-order chi connectivity index (χ0) is 13.8. The first-order chi connectivity index (χ1) is 9.08. The molecule has 2 unspecified atom stereocenters. The molecule has 0 bridgehead atoms. The summed E-state index contributed by atoms with van der Waals surface area (Å²) in [5, 5.41) is 13.1. The summed E-state index contributed by atoms with van der Waals surface area (Å²) in [4.78, 5) is 3.97. The van der Waals surface area contributed by atoms with Gasteiger partial charge in [0.1, 0.15) is 11.6 Å². The summed E-state index contributed by atoms with van der Waals surface area (Å²) < 4.78 is 13.2. The molecule has 2 aromatic rings. The van der Waals surface area contributed by atoms with Gasteiger partial charge >= 0.3 is 0 Å². The molecule has 1 aromatic carbocycles. The highest BCUT2D eigenvalue weighted by Crippen LogP contribution is 2.26. The maximum absolute atomic E-state index is 13.2. The highest BCUT2D eigenvalue weighted by atomic mass is 19.1. The molecular weight excluding hydrogens is 243 g/mol. The number of nitrogens with zero attached hydrogens (tertiary/aromatic N) is 1. The lowest BCUT2D eigenvalue weighted by atomic mass is 10.0. The Bertz CT molecular complexity index is 545. The number of halogens is 1. The summed E-state index contributed by atoms with van der Waals surface area (Å²) in [6, 6.07) is 7.76. The third-order valence-corrected chi connectivity index (χ3v) is 3.16. The minimum Gasteiger partial charge on any atom is -0.508 e. The zero-order valence-electron chi connectivity index (χ0n) is 11.0. The van der Waals surface area contributed by atoms with Crippen LogP contribution in [-0.2, 0) is 0 Å². The zero-order valence-corrected chi connectivity index (χ0v) is 11.0. The Balaban J connectivity index is 2.13. The van der Waals surface area contributed by atoms with Crippen molar-refractivity contribution in [3.63, 3.8) is 0 Å². The Kier molecular flexibility index (Phi) is 4.12. The summed E-state index contributed by atoms with van der Waals surface area (Å²) in [7, 11) is 0. The fraction of sp³-hybridized carbons (Fsp3) is 0.267. The molecule has 4 heteroatoms. The van der Waals surface area contributed by atoms with E-state index < -0.39 is 0 Å². The van der Waals surface area contributed by atoms with Crippen molar-refractivity contribution in [3.8, 4) is 5.75 Å². The minimum absolute atomic E-state index is 0.0840. The maximum Gasteiger partial charge on any atom is 0.123 e. The first kappa shape index (κ1) is 13.5. The van der Waals surface area contributed by atoms with Crippen LogP contribution >= 0.6 is 0 Å². The van der Waals surface area contributed by atoms with Crippen molar-refractivity contribution in [3.05, 3.63) is 59.7 Å². The number of rotatable bonds is 4. The number of pyridine rings is 1. The fourth-order valence-electron chi connectivity index (χ4n) is 2.09. The molecule has 1 heterocycles. The van der Waals surface area contributed by atoms with Gasteiger partial charge < -0.3 is 10.4 Å². The second-order valence-electron chi connectivity index (χ2n) is 4.59. The van der Waals surface area contributed by atoms with Gasteiger partial charge in [-0.1, -0.05) is 0 Å². The maximum atomic E-state index is 13.2. The number of hydrogen-bond acceptors (Lipinski definition) is 3. The van der Waals surface area contributed by atoms with Crippen LogP contribution in [0.25, 0.3) is 0 Å². The number of hydrogen-bond donors (Lipinski definition) is 2. The smallest absolute Gasteiger partial charge is 0.123 e. The molecule has 0 radical (unpaired) electrons. The molecule has 2 rings (SSSR count). The number of phenolic OH excluding ortho intramolecular Hbond substituents is 1. The van der Waals surface area contributed by atoms with Crippen LogP contribution in [0.4, 0.5) is 4.39 Å². The predicted molar refractivity (Wildman–Crippen MR) is 72.3 cm³/mol. The van der Waals surface area contributed by atoms with Crippen molar-refractivity contribution in [2.24, 2.45) is 0 Å². The standard InChI is InChI=1S/C15H17FN2O/c1-10(12-5-7-17-8-6-12)18-11(2)14-9-13(16)3-4-15(14)19/h3-11,18-19H,1-2H3. The number of aromatic hydroxyl groups is 1. The lowest BCUT2D eigenvalue weighted by molar-refractivity contribution is 0.435. The van der Waals surface area contributed by atoms with E-state index >= 15 is 0 Å². The van der Waals surface area contributed by atoms with Crippen LogP contribution in [0, 0.1) is 5.82 Å². The summed E-state index contributed by atoms with van der Waals surface area (Å²) >= 11 is 0. The van der Waals surface area contributed by atoms with Crippen molar-refractivity contribution in [2.75, 3.05) is 0 Å². The molecule has 2 atom stereocenters. The molecular formula is C15H17FN2O. The van der Waals surface area contributed by atoms with Crippen LogP contribution in [0.5, 0.6) is 5.75 Å². The van der Waals surface area contributed by atoms with Gasteiger partial charge in [0.25, 0.3) is 0 Å². The minimum atomic E-state index is -0.349. The average Bonchev–Trinajstić information content (AvgIpc) is 2.42. The van der Waals surface area contributed by atoms with Crippen LogP contribution in [-0.4, -0.2) is 10.1 Å². The second-order valence-corrected chi connectivity index (χ2v) is 4.59. The number of aromatic nitrogens is 1. The molecule has 19 heavy (non-hydrogen) atoms. The number of benzene rings is 1. The Hall–Kier alpha value is -1.94. The monoisotopic (exact) mass is 260 g/mol. The molecule has 1 aromatic heterocycles. The Morgan fingerprint density at radius 2 is 1.79 bits per heavy atom. The van der Waals surface area contributed by atoms with E-state index in [1.54, 1.807) is 12.4 Å². The van der Waals surface area contributed by atoms with Gasteiger partial charge in [0.15, 0.2) is 0 Å². The third kappa shape index (κ3) is 3.29. The van der Waals surface area contributed by atoms with E-state index in [4.69, 9.17) is 0 Å². The van der Waals surface area contributed by atoms with Gasteiger partial charge in [-0.3, -0.25) is 4.98 Å². The highest BCUT2D eigenvalue weighted by Gasteiger charge is 2.14. The van der Waals surface area contributed by atoms with Crippen LogP contribution in [0.2, 0.25) is 0 Å². The van der Waals surface area contributed by atoms with E-state index in [1.165, 1.54) is 18.2 Å². The van der Waals surface area contributed by atoms with E-state index in [0.717, 1.165) is 5.56 Å². The third-order valence-electron chi connectivity index (χ3n) is 3.16. The van der Waals surface area contributed by atoms with Gasteiger partial charge in [-0.2, -0.15) is 0 Å². The topological polar surface area (TPSA) is 45.1 Å². The quantitative estimate of drug-likeness (QED) is 0.886. The second kappa shape index (κ2) is 5.80. The molecule has 2 N–H and O–H groups in total. The lowest BCUT2D eigenvalue weighted by Gasteiger charge is -2.21. The lowest BCUT2D eigenvalue weighted by Crippen LogP contribution is -2.22. The first-order valence-corrected chi connectivity index (χ1v) is 6.22. The van der Waals surface area contributed by atoms with E-state index in [1.807, 2.05) is 26.0 Å². The molecule has 0 saturated carbocycles.